The van der Waals surface area contributed by atoms with E-state index in [4.69, 9.17) is 4.74 Å². The number of nitrogens with zero attached hydrogens (tertiary/aromatic N) is 1. The molecule has 28 heavy (non-hydrogen) atoms. The van der Waals surface area contributed by atoms with Crippen molar-refractivity contribution in [3.05, 3.63) is 78.1 Å². The first-order valence-corrected chi connectivity index (χ1v) is 8.79. The molecule has 3 amide bonds. The maximum absolute atomic E-state index is 12.9. The van der Waals surface area contributed by atoms with Gasteiger partial charge in [0.1, 0.15) is 11.6 Å². The highest BCUT2D eigenvalue weighted by atomic mass is 19.1. The fourth-order valence-corrected chi connectivity index (χ4v) is 2.48. The van der Waals surface area contributed by atoms with Gasteiger partial charge in [0.25, 0.3) is 0 Å². The van der Waals surface area contributed by atoms with Gasteiger partial charge in [-0.25, -0.2) is 9.18 Å². The number of rotatable bonds is 9. The predicted molar refractivity (Wildman–Crippen MR) is 105 cm³/mol. The number of carbonyl (C=O) groups is 2. The molecule has 0 aromatic heterocycles. The van der Waals surface area contributed by atoms with Gasteiger partial charge >= 0.3 is 6.03 Å². The number of benzene rings is 2. The van der Waals surface area contributed by atoms with Gasteiger partial charge in [-0.05, 0) is 35.4 Å². The highest BCUT2D eigenvalue weighted by Crippen LogP contribution is 2.13. The van der Waals surface area contributed by atoms with Crippen LogP contribution >= 0.6 is 0 Å². The van der Waals surface area contributed by atoms with Crippen molar-refractivity contribution in [2.24, 2.45) is 0 Å². The lowest BCUT2D eigenvalue weighted by Crippen LogP contribution is -2.43. The van der Waals surface area contributed by atoms with Crippen molar-refractivity contribution in [3.63, 3.8) is 0 Å². The summed E-state index contributed by atoms with van der Waals surface area (Å²) in [7, 11) is 1.59. The van der Waals surface area contributed by atoms with E-state index in [1.54, 1.807) is 30.2 Å². The third-order valence-electron chi connectivity index (χ3n) is 4.00. The highest BCUT2D eigenvalue weighted by molar-refractivity contribution is 5.84. The molecule has 0 heterocycles. The van der Waals surface area contributed by atoms with E-state index < -0.39 is 6.03 Å². The second-order valence-corrected chi connectivity index (χ2v) is 6.07. The Morgan fingerprint density at radius 3 is 2.32 bits per heavy atom. The van der Waals surface area contributed by atoms with Gasteiger partial charge in [0, 0.05) is 19.6 Å². The summed E-state index contributed by atoms with van der Waals surface area (Å²) in [6.07, 6.45) is 1.63. The summed E-state index contributed by atoms with van der Waals surface area (Å²) in [6, 6.07) is 12.8. The van der Waals surface area contributed by atoms with E-state index in [0.717, 1.165) is 16.9 Å². The van der Waals surface area contributed by atoms with Gasteiger partial charge in [0.05, 0.1) is 13.7 Å². The number of carbonyl (C=O) groups excluding carboxylic acids is 2. The molecule has 2 rings (SSSR count). The minimum Gasteiger partial charge on any atom is -0.497 e. The molecule has 2 N–H and O–H groups in total. The van der Waals surface area contributed by atoms with E-state index in [9.17, 15) is 14.0 Å². The third kappa shape index (κ3) is 6.75. The number of nitrogens with one attached hydrogen (secondary N) is 2. The quantitative estimate of drug-likeness (QED) is 0.652. The lowest BCUT2D eigenvalue weighted by molar-refractivity contribution is -0.130. The summed E-state index contributed by atoms with van der Waals surface area (Å²) >= 11 is 0. The molecule has 0 saturated carbocycles. The maximum atomic E-state index is 12.9. The Hall–Kier alpha value is -3.35. The van der Waals surface area contributed by atoms with E-state index in [1.165, 1.54) is 12.1 Å². The Morgan fingerprint density at radius 1 is 1.07 bits per heavy atom. The molecule has 0 fully saturated rings. The molecule has 0 aliphatic carbocycles. The van der Waals surface area contributed by atoms with Gasteiger partial charge in [-0.2, -0.15) is 0 Å². The minimum atomic E-state index is -0.472. The summed E-state index contributed by atoms with van der Waals surface area (Å²) in [5.41, 5.74) is 1.70. The van der Waals surface area contributed by atoms with Gasteiger partial charge in [-0.3, -0.25) is 4.79 Å². The van der Waals surface area contributed by atoms with E-state index in [2.05, 4.69) is 17.2 Å². The summed E-state index contributed by atoms with van der Waals surface area (Å²) in [5.74, 6) is 0.176. The molecule has 0 atom stereocenters. The molecule has 0 saturated heterocycles. The maximum Gasteiger partial charge on any atom is 0.315 e. The monoisotopic (exact) mass is 385 g/mol. The number of hydrogen-bond acceptors (Lipinski definition) is 3. The van der Waals surface area contributed by atoms with E-state index in [-0.39, 0.29) is 24.8 Å². The van der Waals surface area contributed by atoms with Crippen LogP contribution in [0, 0.1) is 5.82 Å². The SMILES string of the molecule is C=CCN(Cc1ccc(OC)cc1)C(=O)CNC(=O)NCc1ccc(F)cc1. The standard InChI is InChI=1S/C21H24FN3O3/c1-3-12-25(15-17-6-10-19(28-2)11-7-17)20(26)14-24-21(27)23-13-16-4-8-18(22)9-5-16/h3-11H,1,12-15H2,2H3,(H2,23,24,27). The first-order valence-electron chi connectivity index (χ1n) is 8.79. The van der Waals surface area contributed by atoms with Gasteiger partial charge in [0.15, 0.2) is 0 Å². The van der Waals surface area contributed by atoms with Crippen molar-refractivity contribution in [3.8, 4) is 5.75 Å². The van der Waals surface area contributed by atoms with Crippen LogP contribution in [0.1, 0.15) is 11.1 Å². The first-order chi connectivity index (χ1) is 13.5. The lowest BCUT2D eigenvalue weighted by atomic mass is 10.2. The van der Waals surface area contributed by atoms with E-state index in [0.29, 0.717) is 13.1 Å². The van der Waals surface area contributed by atoms with Crippen LogP contribution in [0.5, 0.6) is 5.75 Å². The topological polar surface area (TPSA) is 70.7 Å². The Balaban J connectivity index is 1.82. The second-order valence-electron chi connectivity index (χ2n) is 6.07. The zero-order valence-electron chi connectivity index (χ0n) is 15.8. The largest absolute Gasteiger partial charge is 0.497 e. The van der Waals surface area contributed by atoms with Crippen LogP contribution in [-0.4, -0.2) is 37.0 Å². The van der Waals surface area contributed by atoms with Crippen LogP contribution in [0.25, 0.3) is 0 Å². The zero-order valence-corrected chi connectivity index (χ0v) is 15.8. The van der Waals surface area contributed by atoms with Crippen molar-refractivity contribution >= 4 is 11.9 Å². The fourth-order valence-electron chi connectivity index (χ4n) is 2.48. The molecule has 0 aliphatic heterocycles. The number of methoxy groups -OCH3 is 1. The third-order valence-corrected chi connectivity index (χ3v) is 4.00. The van der Waals surface area contributed by atoms with Crippen LogP contribution in [0.15, 0.2) is 61.2 Å². The Morgan fingerprint density at radius 2 is 1.71 bits per heavy atom. The summed E-state index contributed by atoms with van der Waals surface area (Å²) in [5, 5.41) is 5.17. The minimum absolute atomic E-state index is 0.140. The first kappa shape index (κ1) is 21.0. The van der Waals surface area contributed by atoms with Crippen LogP contribution in [0.2, 0.25) is 0 Å². The van der Waals surface area contributed by atoms with Gasteiger partial charge in [-0.15, -0.1) is 6.58 Å². The van der Waals surface area contributed by atoms with Crippen LogP contribution in [-0.2, 0) is 17.9 Å². The Labute approximate surface area is 164 Å². The molecule has 0 radical (unpaired) electrons. The molecule has 0 aliphatic rings. The summed E-state index contributed by atoms with van der Waals surface area (Å²) in [4.78, 5) is 25.9. The molecule has 0 spiro atoms. The average molecular weight is 385 g/mol. The molecular formula is C21H24FN3O3. The van der Waals surface area contributed by atoms with Crippen LogP contribution in [0.3, 0.4) is 0 Å². The van der Waals surface area contributed by atoms with Crippen LogP contribution in [0.4, 0.5) is 9.18 Å². The fraction of sp³-hybridized carbons (Fsp3) is 0.238. The molecule has 6 nitrogen and oxygen atoms in total. The van der Waals surface area contributed by atoms with Gasteiger partial charge in [-0.1, -0.05) is 30.3 Å². The molecule has 7 heteroatoms. The molecule has 0 bridgehead atoms. The molecule has 0 unspecified atom stereocenters. The number of hydrogen-bond donors (Lipinski definition) is 2. The molecule has 148 valence electrons. The Bertz CT molecular complexity index is 792. The van der Waals surface area contributed by atoms with E-state index in [1.807, 2.05) is 24.3 Å². The lowest BCUT2D eigenvalue weighted by Gasteiger charge is -2.21. The average Bonchev–Trinajstić information content (AvgIpc) is 2.71. The van der Waals surface area contributed by atoms with Crippen molar-refractivity contribution in [2.75, 3.05) is 20.2 Å². The predicted octanol–water partition coefficient (Wildman–Crippen LogP) is 2.85. The number of amides is 3. The zero-order chi connectivity index (χ0) is 20.4. The number of halogens is 1. The molecular weight excluding hydrogens is 361 g/mol. The number of urea groups is 1. The van der Waals surface area contributed by atoms with Crippen molar-refractivity contribution in [1.29, 1.82) is 0 Å². The van der Waals surface area contributed by atoms with Crippen LogP contribution < -0.4 is 15.4 Å². The van der Waals surface area contributed by atoms with E-state index >= 15 is 0 Å². The van der Waals surface area contributed by atoms with Gasteiger partial charge in [0.2, 0.25) is 5.91 Å². The number of ether oxygens (including phenoxy) is 1. The highest BCUT2D eigenvalue weighted by Gasteiger charge is 2.14. The molecule has 2 aromatic carbocycles. The van der Waals surface area contributed by atoms with Crippen molar-refractivity contribution in [1.82, 2.24) is 15.5 Å². The van der Waals surface area contributed by atoms with Crippen molar-refractivity contribution in [2.45, 2.75) is 13.1 Å². The Kier molecular flexibility index (Phi) is 8.02. The normalized spacial score (nSPS) is 10.1. The van der Waals surface area contributed by atoms with Crippen molar-refractivity contribution < 1.29 is 18.7 Å². The summed E-state index contributed by atoms with van der Waals surface area (Å²) in [6.45, 7) is 4.54. The second kappa shape index (κ2) is 10.7. The van der Waals surface area contributed by atoms with Gasteiger partial charge < -0.3 is 20.3 Å². The summed E-state index contributed by atoms with van der Waals surface area (Å²) < 4.78 is 18.0. The smallest absolute Gasteiger partial charge is 0.315 e. The molecule has 2 aromatic rings.